The van der Waals surface area contributed by atoms with Gasteiger partial charge in [0.15, 0.2) is 12.1 Å². The minimum absolute atomic E-state index is 0.395. The molecule has 0 radical (unpaired) electrons. The molecule has 0 spiro atoms. The number of aromatic carboxylic acids is 5. The van der Waals surface area contributed by atoms with Crippen LogP contribution in [0.5, 0.6) is 0 Å². The second-order valence-corrected chi connectivity index (χ2v) is 6.16. The third-order valence-electron chi connectivity index (χ3n) is 4.27. The summed E-state index contributed by atoms with van der Waals surface area (Å²) < 4.78 is 0. The van der Waals surface area contributed by atoms with Crippen LogP contribution < -0.4 is 0 Å². The molecule has 166 valence electrons. The summed E-state index contributed by atoms with van der Waals surface area (Å²) in [6.45, 7) is 0. The Hall–Kier alpha value is -4.62. The molecule has 0 atom stereocenters. The van der Waals surface area contributed by atoms with Gasteiger partial charge in [-0.05, 0) is 24.3 Å². The number of carboxylic acids is 5. The summed E-state index contributed by atoms with van der Waals surface area (Å²) >= 11 is 0. The van der Waals surface area contributed by atoms with Gasteiger partial charge in [-0.1, -0.05) is 0 Å². The Balaban J connectivity index is 2.94. The topological polar surface area (TPSA) is 244 Å². The van der Waals surface area contributed by atoms with E-state index in [9.17, 15) is 59.4 Å². The molecule has 2 aromatic carbocycles. The predicted octanol–water partition coefficient (Wildman–Crippen LogP) is 0.392. The minimum Gasteiger partial charge on any atom is -0.478 e. The molecule has 0 bridgehead atoms. The number of aliphatic hydroxyl groups is 2. The monoisotopic (exact) mass is 448 g/mol. The first kappa shape index (κ1) is 23.7. The maximum atomic E-state index is 13.0. The highest BCUT2D eigenvalue weighted by Crippen LogP contribution is 2.27. The number of carbonyl (C=O) groups excluding carboxylic acids is 1. The Labute approximate surface area is 176 Å². The second kappa shape index (κ2) is 8.63. The van der Waals surface area contributed by atoms with Gasteiger partial charge in [-0.15, -0.1) is 0 Å². The number of benzene rings is 2. The van der Waals surface area contributed by atoms with Gasteiger partial charge in [0.25, 0.3) is 0 Å². The third kappa shape index (κ3) is 4.28. The van der Waals surface area contributed by atoms with Crippen molar-refractivity contribution in [3.63, 3.8) is 0 Å². The first-order valence-electron chi connectivity index (χ1n) is 8.21. The summed E-state index contributed by atoms with van der Waals surface area (Å²) in [5.41, 5.74) is -7.41. The van der Waals surface area contributed by atoms with Crippen LogP contribution >= 0.6 is 0 Å². The highest BCUT2D eigenvalue weighted by atomic mass is 16.5. The van der Waals surface area contributed by atoms with Gasteiger partial charge in [-0.25, -0.2) is 24.0 Å². The molecule has 0 aliphatic carbocycles. The lowest BCUT2D eigenvalue weighted by molar-refractivity contribution is -0.0433. The summed E-state index contributed by atoms with van der Waals surface area (Å²) in [7, 11) is 0. The molecule has 0 aliphatic rings. The highest BCUT2D eigenvalue weighted by molar-refractivity contribution is 6.20. The largest absolute Gasteiger partial charge is 0.478 e. The first-order chi connectivity index (χ1) is 14.8. The Morgan fingerprint density at radius 1 is 0.469 bits per heavy atom. The van der Waals surface area contributed by atoms with E-state index in [0.29, 0.717) is 24.3 Å². The maximum Gasteiger partial charge on any atom is 0.336 e. The maximum absolute atomic E-state index is 13.0. The number of rotatable bonds is 8. The van der Waals surface area contributed by atoms with E-state index in [1.165, 1.54) is 0 Å². The number of carbonyl (C=O) groups is 6. The Morgan fingerprint density at radius 2 is 0.750 bits per heavy atom. The Bertz CT molecular complexity index is 1210. The Morgan fingerprint density at radius 3 is 1.09 bits per heavy atom. The molecule has 2 rings (SSSR count). The van der Waals surface area contributed by atoms with Crippen molar-refractivity contribution in [2.45, 2.75) is 6.29 Å². The normalized spacial score (nSPS) is 10.6. The van der Waals surface area contributed by atoms with E-state index in [1.54, 1.807) is 0 Å². The number of hydrogen-bond donors (Lipinski definition) is 7. The fraction of sp³-hybridized carbons (Fsp3) is 0.0526. The lowest BCUT2D eigenvalue weighted by Gasteiger charge is -2.15. The molecule has 0 amide bonds. The van der Waals surface area contributed by atoms with Gasteiger partial charge in [-0.2, -0.15) is 0 Å². The highest BCUT2D eigenvalue weighted by Gasteiger charge is 2.30. The lowest BCUT2D eigenvalue weighted by Crippen LogP contribution is -2.19. The van der Waals surface area contributed by atoms with Crippen molar-refractivity contribution >= 4 is 35.6 Å². The molecule has 0 aromatic heterocycles. The average Bonchev–Trinajstić information content (AvgIpc) is 2.70. The van der Waals surface area contributed by atoms with E-state index in [1.807, 2.05) is 0 Å². The molecule has 0 heterocycles. The first-order valence-corrected chi connectivity index (χ1v) is 8.21. The summed E-state index contributed by atoms with van der Waals surface area (Å²) in [6, 6.07) is 1.75. The van der Waals surface area contributed by atoms with Crippen LogP contribution in [-0.4, -0.2) is 71.4 Å². The van der Waals surface area contributed by atoms with E-state index < -0.39 is 86.4 Å². The van der Waals surface area contributed by atoms with Crippen LogP contribution in [0.4, 0.5) is 0 Å². The number of aliphatic hydroxyl groups excluding tert-OH is 1. The summed E-state index contributed by atoms with van der Waals surface area (Å²) in [5.74, 6) is -10.6. The van der Waals surface area contributed by atoms with Crippen molar-refractivity contribution < 1.29 is 64.5 Å². The van der Waals surface area contributed by atoms with Crippen LogP contribution in [-0.2, 0) is 0 Å². The molecular weight excluding hydrogens is 436 g/mol. The predicted molar refractivity (Wildman–Crippen MR) is 98.3 cm³/mol. The van der Waals surface area contributed by atoms with Crippen molar-refractivity contribution in [3.8, 4) is 0 Å². The summed E-state index contributed by atoms with van der Waals surface area (Å²) in [4.78, 5) is 70.3. The van der Waals surface area contributed by atoms with Crippen LogP contribution in [0.25, 0.3) is 0 Å². The SMILES string of the molecule is O=C(O)c1cc(C(=O)O)c(C(=O)c2cc(C(=O)O)c(C(O)O)cc2C(=O)O)cc1C(=O)O. The molecule has 13 heteroatoms. The fourth-order valence-corrected chi connectivity index (χ4v) is 2.84. The standard InChI is InChI=1S/C19H12O13/c20-13(5-1-9(16(25)26)11(18(29)30)3-7(5)14(21)22)6-2-10(17(27)28)12(19(31)32)4-8(6)15(23)24/h1-4,18,29-30H,(H,21,22)(H,23,24)(H,25,26)(H,27,28)(H,31,32). The zero-order chi connectivity index (χ0) is 24.5. The van der Waals surface area contributed by atoms with Gasteiger partial charge in [0.1, 0.15) is 0 Å². The molecule has 0 aliphatic heterocycles. The van der Waals surface area contributed by atoms with Gasteiger partial charge in [-0.3, -0.25) is 4.79 Å². The third-order valence-corrected chi connectivity index (χ3v) is 4.27. The van der Waals surface area contributed by atoms with Crippen molar-refractivity contribution in [1.82, 2.24) is 0 Å². The van der Waals surface area contributed by atoms with Crippen LogP contribution in [0.15, 0.2) is 24.3 Å². The number of hydrogen-bond acceptors (Lipinski definition) is 8. The van der Waals surface area contributed by atoms with Crippen LogP contribution in [0.3, 0.4) is 0 Å². The van der Waals surface area contributed by atoms with Crippen LogP contribution in [0, 0.1) is 0 Å². The fourth-order valence-electron chi connectivity index (χ4n) is 2.84. The zero-order valence-electron chi connectivity index (χ0n) is 15.5. The van der Waals surface area contributed by atoms with Crippen molar-refractivity contribution in [2.24, 2.45) is 0 Å². The summed E-state index contributed by atoms with van der Waals surface area (Å²) in [6.07, 6.45) is -2.44. The Kier molecular flexibility index (Phi) is 6.38. The van der Waals surface area contributed by atoms with E-state index in [2.05, 4.69) is 0 Å². The minimum atomic E-state index is -2.44. The van der Waals surface area contributed by atoms with Crippen LogP contribution in [0.1, 0.15) is 79.6 Å². The van der Waals surface area contributed by atoms with Gasteiger partial charge in [0.05, 0.1) is 27.8 Å². The van der Waals surface area contributed by atoms with E-state index in [4.69, 9.17) is 5.11 Å². The molecule has 0 saturated heterocycles. The summed E-state index contributed by atoms with van der Waals surface area (Å²) in [5, 5.41) is 65.0. The molecular formula is C19H12O13. The van der Waals surface area contributed by atoms with Crippen molar-refractivity contribution in [2.75, 3.05) is 0 Å². The molecule has 0 saturated carbocycles. The van der Waals surface area contributed by atoms with Gasteiger partial charge < -0.3 is 35.7 Å². The van der Waals surface area contributed by atoms with E-state index in [0.717, 1.165) is 0 Å². The van der Waals surface area contributed by atoms with Crippen LogP contribution in [0.2, 0.25) is 0 Å². The van der Waals surface area contributed by atoms with Gasteiger partial charge in [0.2, 0.25) is 0 Å². The van der Waals surface area contributed by atoms with E-state index in [-0.39, 0.29) is 0 Å². The molecule has 13 nitrogen and oxygen atoms in total. The molecule has 7 N–H and O–H groups in total. The molecule has 2 aromatic rings. The lowest BCUT2D eigenvalue weighted by atomic mass is 9.89. The van der Waals surface area contributed by atoms with Crippen molar-refractivity contribution in [1.29, 1.82) is 0 Å². The molecule has 0 unspecified atom stereocenters. The van der Waals surface area contributed by atoms with E-state index >= 15 is 0 Å². The number of carboxylic acid groups (broad SMARTS) is 5. The number of ketones is 1. The zero-order valence-corrected chi connectivity index (χ0v) is 15.5. The van der Waals surface area contributed by atoms with Crippen molar-refractivity contribution in [3.05, 3.63) is 68.8 Å². The van der Waals surface area contributed by atoms with Gasteiger partial charge in [0, 0.05) is 16.7 Å². The second-order valence-electron chi connectivity index (χ2n) is 6.16. The quantitative estimate of drug-likeness (QED) is 0.214. The average molecular weight is 448 g/mol. The smallest absolute Gasteiger partial charge is 0.336 e. The molecule has 32 heavy (non-hydrogen) atoms. The van der Waals surface area contributed by atoms with Gasteiger partial charge >= 0.3 is 29.8 Å². The molecule has 0 fully saturated rings.